The summed E-state index contributed by atoms with van der Waals surface area (Å²) >= 11 is 0. The minimum Gasteiger partial charge on any atom is -0.462 e. The number of carbonyl (C=O) groups excluding carboxylic acids is 2. The maximum absolute atomic E-state index is 12.9. The van der Waals surface area contributed by atoms with Crippen LogP contribution in [0.15, 0.2) is 146 Å². The molecule has 0 aromatic carbocycles. The molecular formula is C72H121NO8P+. The van der Waals surface area contributed by atoms with Crippen molar-refractivity contribution in [2.75, 3.05) is 47.5 Å². The number of allylic oxidation sites excluding steroid dienone is 24. The molecule has 2 unspecified atom stereocenters. The molecule has 0 aliphatic heterocycles. The van der Waals surface area contributed by atoms with E-state index in [0.717, 1.165) is 141 Å². The standard InChI is InChI=1S/C72H120NO8P/c1-6-8-10-12-14-16-18-20-22-24-26-28-29-30-31-32-33-34-35-36-37-38-39-40-41-42-43-45-47-49-51-53-55-57-59-61-63-65-72(75)81-70(69-80-82(76,77)79-67-66-73(3,4)5)68-78-71(74)64-62-60-58-56-54-52-50-48-46-44-27-25-23-21-19-17-15-13-11-9-7-2/h8,10,14,16,19-22,25-28,30-31,33-34,36-37,39-40,42-43,47,49,70H,6-7,9,11-13,15,17-18,23-24,29,32,35,38,41,44-46,48,50-69H2,1-5H3/p+1/b10-8-,16-14-,21-19-,22-20-,27-25-,28-26-,31-30-,34-33-,37-36-,40-39-,43-42-,49-47-. The van der Waals surface area contributed by atoms with E-state index >= 15 is 0 Å². The predicted octanol–water partition coefficient (Wildman–Crippen LogP) is 21.0. The number of unbranched alkanes of at least 4 members (excludes halogenated alkanes) is 20. The van der Waals surface area contributed by atoms with Gasteiger partial charge in [0, 0.05) is 12.8 Å². The van der Waals surface area contributed by atoms with Crippen LogP contribution in [0.5, 0.6) is 0 Å². The highest BCUT2D eigenvalue weighted by Crippen LogP contribution is 2.43. The lowest BCUT2D eigenvalue weighted by atomic mass is 10.1. The first kappa shape index (κ1) is 77.9. The van der Waals surface area contributed by atoms with Gasteiger partial charge in [-0.3, -0.25) is 18.6 Å². The number of ether oxygens (including phenoxy) is 2. The minimum atomic E-state index is -4.40. The Hall–Kier alpha value is -4.11. The van der Waals surface area contributed by atoms with Gasteiger partial charge in [-0.25, -0.2) is 4.57 Å². The fourth-order valence-corrected chi connectivity index (χ4v) is 9.11. The third kappa shape index (κ3) is 65.0. The molecule has 0 aromatic heterocycles. The van der Waals surface area contributed by atoms with Gasteiger partial charge >= 0.3 is 19.8 Å². The van der Waals surface area contributed by atoms with E-state index in [4.69, 9.17) is 18.5 Å². The molecule has 0 aromatic rings. The number of hydrogen-bond acceptors (Lipinski definition) is 7. The van der Waals surface area contributed by atoms with Gasteiger partial charge in [-0.15, -0.1) is 0 Å². The predicted molar refractivity (Wildman–Crippen MR) is 353 cm³/mol. The second kappa shape index (κ2) is 61.5. The van der Waals surface area contributed by atoms with Crippen molar-refractivity contribution in [2.24, 2.45) is 0 Å². The lowest BCUT2D eigenvalue weighted by Gasteiger charge is -2.24. The van der Waals surface area contributed by atoms with Crippen molar-refractivity contribution in [3.8, 4) is 0 Å². The largest absolute Gasteiger partial charge is 0.472 e. The van der Waals surface area contributed by atoms with Gasteiger partial charge in [0.05, 0.1) is 27.7 Å². The molecule has 0 saturated carbocycles. The van der Waals surface area contributed by atoms with Crippen LogP contribution in [0.3, 0.4) is 0 Å². The summed E-state index contributed by atoms with van der Waals surface area (Å²) in [6.07, 6.45) is 90.7. The third-order valence-electron chi connectivity index (χ3n) is 13.4. The molecule has 9 nitrogen and oxygen atoms in total. The SMILES string of the molecule is CC/C=C\C/C=C\C/C=C\C/C=C\C/C=C\C/C=C\C/C=C\C/C=C\C/C=C\C/C=C\CCCCCCCCC(=O)OC(COC(=O)CCCCCCCCCCC/C=C\C/C=C\CCCCCCC)COP(=O)(O)OCC[N+](C)(C)C. The Morgan fingerprint density at radius 3 is 1.04 bits per heavy atom. The van der Waals surface area contributed by atoms with Gasteiger partial charge in [0.15, 0.2) is 6.10 Å². The van der Waals surface area contributed by atoms with Crippen LogP contribution in [0, 0.1) is 0 Å². The Bertz CT molecular complexity index is 1890. The molecule has 10 heteroatoms. The van der Waals surface area contributed by atoms with Crippen LogP contribution >= 0.6 is 7.82 Å². The number of nitrogens with zero attached hydrogens (tertiary/aromatic N) is 1. The van der Waals surface area contributed by atoms with Crippen LogP contribution in [0.25, 0.3) is 0 Å². The van der Waals surface area contributed by atoms with Crippen LogP contribution in [-0.2, 0) is 32.7 Å². The summed E-state index contributed by atoms with van der Waals surface area (Å²) in [4.78, 5) is 35.8. The van der Waals surface area contributed by atoms with E-state index in [-0.39, 0.29) is 32.0 Å². The van der Waals surface area contributed by atoms with Gasteiger partial charge in [-0.1, -0.05) is 256 Å². The number of quaternary nitrogens is 1. The van der Waals surface area contributed by atoms with Crippen molar-refractivity contribution in [3.05, 3.63) is 146 Å². The second-order valence-corrected chi connectivity index (χ2v) is 23.9. The normalized spacial score (nSPS) is 14.2. The summed E-state index contributed by atoms with van der Waals surface area (Å²) in [6, 6.07) is 0. The minimum absolute atomic E-state index is 0.0203. The van der Waals surface area contributed by atoms with Crippen molar-refractivity contribution < 1.29 is 42.1 Å². The Morgan fingerprint density at radius 2 is 0.695 bits per heavy atom. The molecule has 1 N–H and O–H groups in total. The highest BCUT2D eigenvalue weighted by molar-refractivity contribution is 7.47. The average Bonchev–Trinajstić information content (AvgIpc) is 3.46. The summed E-state index contributed by atoms with van der Waals surface area (Å²) in [6.45, 7) is 4.28. The quantitative estimate of drug-likeness (QED) is 0.0211. The molecule has 0 aliphatic rings. The maximum Gasteiger partial charge on any atom is 0.472 e. The smallest absolute Gasteiger partial charge is 0.462 e. The fraction of sp³-hybridized carbons (Fsp3) is 0.639. The zero-order chi connectivity index (χ0) is 59.8. The molecule has 0 amide bonds. The number of rotatable bonds is 58. The number of likely N-dealkylation sites (N-methyl/N-ethyl adjacent to an activating group) is 1. The Morgan fingerprint density at radius 1 is 0.390 bits per heavy atom. The number of hydrogen-bond donors (Lipinski definition) is 1. The Balaban J connectivity index is 4.19. The van der Waals surface area contributed by atoms with Gasteiger partial charge in [0.2, 0.25) is 0 Å². The first-order chi connectivity index (χ1) is 40.0. The Labute approximate surface area is 503 Å². The van der Waals surface area contributed by atoms with Gasteiger partial charge < -0.3 is 18.9 Å². The first-order valence-corrected chi connectivity index (χ1v) is 34.1. The van der Waals surface area contributed by atoms with Crippen molar-refractivity contribution in [1.82, 2.24) is 0 Å². The number of carbonyl (C=O) groups is 2. The number of esters is 2. The zero-order valence-electron chi connectivity index (χ0n) is 52.9. The second-order valence-electron chi connectivity index (χ2n) is 22.4. The van der Waals surface area contributed by atoms with Crippen molar-refractivity contribution in [3.63, 3.8) is 0 Å². The summed E-state index contributed by atoms with van der Waals surface area (Å²) < 4.78 is 34.6. The van der Waals surface area contributed by atoms with Gasteiger partial charge in [0.25, 0.3) is 0 Å². The van der Waals surface area contributed by atoms with E-state index in [2.05, 4.69) is 160 Å². The van der Waals surface area contributed by atoms with E-state index in [1.807, 2.05) is 21.1 Å². The van der Waals surface area contributed by atoms with E-state index in [0.29, 0.717) is 17.4 Å². The summed E-state index contributed by atoms with van der Waals surface area (Å²) in [5.74, 6) is -0.826. The lowest BCUT2D eigenvalue weighted by Crippen LogP contribution is -2.37. The summed E-state index contributed by atoms with van der Waals surface area (Å²) in [7, 11) is 1.45. The molecule has 0 heterocycles. The molecule has 0 aliphatic carbocycles. The van der Waals surface area contributed by atoms with Gasteiger partial charge in [-0.05, 0) is 122 Å². The van der Waals surface area contributed by atoms with Crippen LogP contribution in [0.1, 0.15) is 245 Å². The average molecular weight is 1160 g/mol. The summed E-state index contributed by atoms with van der Waals surface area (Å²) in [5, 5.41) is 0. The van der Waals surface area contributed by atoms with E-state index in [9.17, 15) is 19.0 Å². The number of phosphoric acid groups is 1. The zero-order valence-corrected chi connectivity index (χ0v) is 53.8. The van der Waals surface area contributed by atoms with E-state index in [1.54, 1.807) is 0 Å². The number of phosphoric ester groups is 1. The fourth-order valence-electron chi connectivity index (χ4n) is 8.37. The van der Waals surface area contributed by atoms with Crippen molar-refractivity contribution in [1.29, 1.82) is 0 Å². The van der Waals surface area contributed by atoms with E-state index < -0.39 is 26.5 Å². The first-order valence-electron chi connectivity index (χ1n) is 32.6. The van der Waals surface area contributed by atoms with Gasteiger partial charge in [-0.2, -0.15) is 0 Å². The van der Waals surface area contributed by atoms with Crippen LogP contribution in [-0.4, -0.2) is 74.9 Å². The Kier molecular flexibility index (Phi) is 58.4. The van der Waals surface area contributed by atoms with E-state index in [1.165, 1.54) is 70.6 Å². The molecule has 2 atom stereocenters. The van der Waals surface area contributed by atoms with Crippen LogP contribution in [0.4, 0.5) is 0 Å². The molecular weight excluding hydrogens is 1040 g/mol. The lowest BCUT2D eigenvalue weighted by molar-refractivity contribution is -0.870. The highest BCUT2D eigenvalue weighted by Gasteiger charge is 2.27. The molecule has 0 rings (SSSR count). The molecule has 82 heavy (non-hydrogen) atoms. The molecule has 0 saturated heterocycles. The monoisotopic (exact) mass is 1160 g/mol. The van der Waals surface area contributed by atoms with Gasteiger partial charge in [0.1, 0.15) is 19.8 Å². The summed E-state index contributed by atoms with van der Waals surface area (Å²) in [5.41, 5.74) is 0. The molecule has 0 fully saturated rings. The topological polar surface area (TPSA) is 108 Å². The molecule has 0 radical (unpaired) electrons. The third-order valence-corrected chi connectivity index (χ3v) is 14.3. The molecule has 0 spiro atoms. The highest BCUT2D eigenvalue weighted by atomic mass is 31.2. The van der Waals surface area contributed by atoms with Crippen LogP contribution < -0.4 is 0 Å². The van der Waals surface area contributed by atoms with Crippen molar-refractivity contribution >= 4 is 19.8 Å². The maximum atomic E-state index is 12.9. The molecule has 466 valence electrons. The van der Waals surface area contributed by atoms with Crippen LogP contribution in [0.2, 0.25) is 0 Å². The van der Waals surface area contributed by atoms with Crippen molar-refractivity contribution in [2.45, 2.75) is 251 Å². The molecule has 0 bridgehead atoms.